The Labute approximate surface area is 203 Å². The van der Waals surface area contributed by atoms with Crippen LogP contribution in [0.25, 0.3) is 11.1 Å². The Bertz CT molecular complexity index is 942. The first-order valence-electron chi connectivity index (χ1n) is 6.80. The van der Waals surface area contributed by atoms with Crippen LogP contribution in [0.5, 0.6) is 40.2 Å². The molecule has 1 aliphatic carbocycles. The zero-order chi connectivity index (χ0) is 21.3. The van der Waals surface area contributed by atoms with Gasteiger partial charge < -0.3 is 30.0 Å². The molecule has 1 unspecified atom stereocenters. The van der Waals surface area contributed by atoms with Crippen LogP contribution in [0.4, 0.5) is 0 Å². The summed E-state index contributed by atoms with van der Waals surface area (Å²) in [6.07, 6.45) is -1.18. The minimum Gasteiger partial charge on any atom is -0.381 e. The predicted octanol–water partition coefficient (Wildman–Crippen LogP) is 7.66. The van der Waals surface area contributed by atoms with E-state index in [0.717, 1.165) is 0 Å². The lowest BCUT2D eigenvalue weighted by Gasteiger charge is -2.17. The Kier molecular flexibility index (Phi) is 7.64. The fourth-order valence-corrected chi connectivity index (χ4v) is 4.20. The number of halogens is 8. The molecule has 3 rings (SSSR count). The van der Waals surface area contributed by atoms with E-state index in [4.69, 9.17) is 129 Å². The molecule has 0 fully saturated rings. The summed E-state index contributed by atoms with van der Waals surface area (Å²) >= 11 is 44.6. The highest BCUT2D eigenvalue weighted by Crippen LogP contribution is 2.65. The Morgan fingerprint density at radius 1 is 0.517 bits per heavy atom. The van der Waals surface area contributed by atoms with Crippen LogP contribution in [0.1, 0.15) is 17.2 Å². The van der Waals surface area contributed by atoms with E-state index < -0.39 is 6.10 Å². The third kappa shape index (κ3) is 3.44. The van der Waals surface area contributed by atoms with Crippen molar-refractivity contribution in [3.05, 3.63) is 17.2 Å². The van der Waals surface area contributed by atoms with Gasteiger partial charge in [-0.05, 0) is 6.07 Å². The predicted molar refractivity (Wildman–Crippen MR) is 106 cm³/mol. The first-order chi connectivity index (χ1) is 14.1. The molecule has 2 aromatic rings. The molecular formula is C13H2Cl8O8. The van der Waals surface area contributed by atoms with E-state index in [-0.39, 0.29) is 62.5 Å². The molecule has 0 radical (unpaired) electrons. The lowest BCUT2D eigenvalue weighted by Crippen LogP contribution is -2.02. The van der Waals surface area contributed by atoms with Gasteiger partial charge in [0.05, 0.1) is 11.9 Å². The van der Waals surface area contributed by atoms with Gasteiger partial charge in [0.2, 0.25) is 34.5 Å². The monoisotopic (exact) mass is 566 g/mol. The van der Waals surface area contributed by atoms with Crippen molar-refractivity contribution in [3.63, 3.8) is 0 Å². The van der Waals surface area contributed by atoms with Gasteiger partial charge in [0.25, 0.3) is 0 Å². The van der Waals surface area contributed by atoms with Crippen molar-refractivity contribution in [1.29, 1.82) is 0 Å². The highest BCUT2D eigenvalue weighted by molar-refractivity contribution is 6.16. The largest absolute Gasteiger partial charge is 0.381 e. The number of hydrogen-bond acceptors (Lipinski definition) is 8. The first-order valence-corrected chi connectivity index (χ1v) is 9.27. The lowest BCUT2D eigenvalue weighted by molar-refractivity contribution is 0.272. The maximum absolute atomic E-state index is 5.72. The summed E-state index contributed by atoms with van der Waals surface area (Å²) in [5, 5.41) is 0. The van der Waals surface area contributed by atoms with Crippen LogP contribution >= 0.6 is 94.9 Å². The van der Waals surface area contributed by atoms with Crippen molar-refractivity contribution in [2.45, 2.75) is 6.10 Å². The number of benzene rings is 2. The van der Waals surface area contributed by atoms with E-state index >= 15 is 0 Å². The zero-order valence-corrected chi connectivity index (χ0v) is 19.0. The Hall–Kier alpha value is -0.680. The second-order valence-corrected chi connectivity index (χ2v) is 6.37. The van der Waals surface area contributed by atoms with E-state index in [2.05, 4.69) is 0 Å². The van der Waals surface area contributed by atoms with Crippen LogP contribution in [0.2, 0.25) is 0 Å². The van der Waals surface area contributed by atoms with E-state index in [0.29, 0.717) is 0 Å². The molecule has 0 saturated carbocycles. The summed E-state index contributed by atoms with van der Waals surface area (Å²) < 4.78 is 38.6. The molecule has 0 saturated heterocycles. The second kappa shape index (κ2) is 9.64. The van der Waals surface area contributed by atoms with Gasteiger partial charge in [-0.3, -0.25) is 4.29 Å². The van der Waals surface area contributed by atoms with E-state index in [9.17, 15) is 0 Å². The van der Waals surface area contributed by atoms with Crippen molar-refractivity contribution in [3.8, 4) is 51.4 Å². The van der Waals surface area contributed by atoms with Crippen LogP contribution in [0.15, 0.2) is 6.07 Å². The van der Waals surface area contributed by atoms with Crippen molar-refractivity contribution >= 4 is 94.9 Å². The number of fused-ring (bicyclic) bond motifs is 3. The Morgan fingerprint density at radius 2 is 1.00 bits per heavy atom. The summed E-state index contributed by atoms with van der Waals surface area (Å²) in [7, 11) is 0. The normalized spacial score (nSPS) is 14.0. The topological polar surface area (TPSA) is 73.8 Å². The van der Waals surface area contributed by atoms with Gasteiger partial charge in [0.1, 0.15) is 89.2 Å². The van der Waals surface area contributed by atoms with E-state index in [1.165, 1.54) is 6.07 Å². The van der Waals surface area contributed by atoms with Gasteiger partial charge in [-0.25, -0.2) is 0 Å². The van der Waals surface area contributed by atoms with Crippen LogP contribution in [0.3, 0.4) is 0 Å². The highest BCUT2D eigenvalue weighted by atomic mass is 35.5. The molecule has 8 nitrogen and oxygen atoms in total. The van der Waals surface area contributed by atoms with Gasteiger partial charge in [-0.15, -0.1) is 0 Å². The highest BCUT2D eigenvalue weighted by Gasteiger charge is 2.45. The van der Waals surface area contributed by atoms with Crippen molar-refractivity contribution in [2.75, 3.05) is 0 Å². The number of rotatable bonds is 8. The molecule has 29 heavy (non-hydrogen) atoms. The summed E-state index contributed by atoms with van der Waals surface area (Å²) in [4.78, 5) is 0. The lowest BCUT2D eigenvalue weighted by atomic mass is 10.0. The summed E-state index contributed by atoms with van der Waals surface area (Å²) in [6, 6.07) is 1.35. The summed E-state index contributed by atoms with van der Waals surface area (Å²) in [5.41, 5.74) is 0.665. The summed E-state index contributed by atoms with van der Waals surface area (Å²) in [5.74, 6) is -1.51. The average Bonchev–Trinajstić information content (AvgIpc) is 3.09. The fourth-order valence-electron chi connectivity index (χ4n) is 3.02. The summed E-state index contributed by atoms with van der Waals surface area (Å²) in [6.45, 7) is 0. The molecule has 1 atom stereocenters. The number of hydrogen-bond donors (Lipinski definition) is 0. The zero-order valence-electron chi connectivity index (χ0n) is 12.9. The van der Waals surface area contributed by atoms with Gasteiger partial charge in [-0.2, -0.15) is 0 Å². The van der Waals surface area contributed by atoms with Gasteiger partial charge in [-0.1, -0.05) is 0 Å². The molecule has 0 N–H and O–H groups in total. The smallest absolute Gasteiger partial charge is 0.239 e. The van der Waals surface area contributed by atoms with Crippen LogP contribution < -0.4 is 30.0 Å². The molecule has 2 aromatic carbocycles. The molecule has 16 heteroatoms. The van der Waals surface area contributed by atoms with Crippen molar-refractivity contribution < 1.29 is 34.3 Å². The minimum atomic E-state index is -1.18. The van der Waals surface area contributed by atoms with Gasteiger partial charge in [0, 0.05) is 22.3 Å². The van der Waals surface area contributed by atoms with Gasteiger partial charge >= 0.3 is 0 Å². The van der Waals surface area contributed by atoms with Crippen molar-refractivity contribution in [2.24, 2.45) is 0 Å². The maximum Gasteiger partial charge on any atom is 0.239 e. The van der Waals surface area contributed by atoms with Gasteiger partial charge in [0.15, 0.2) is 5.75 Å². The molecular weight excluding hydrogens is 568 g/mol. The third-order valence-corrected chi connectivity index (χ3v) is 5.30. The SMILES string of the molecule is ClOc1cc2c(c(OCl)c1OCl)C(OCl)c1c(OCl)c(OCl)c(OCl)c(OCl)c1-2. The molecule has 0 bridgehead atoms. The van der Waals surface area contributed by atoms with Crippen LogP contribution in [0, 0.1) is 0 Å². The molecule has 0 aromatic heterocycles. The average molecular weight is 570 g/mol. The molecule has 0 heterocycles. The second-order valence-electron chi connectivity index (χ2n) is 5.11. The fraction of sp³-hybridized carbons (Fsp3) is 0.0769. The van der Waals surface area contributed by atoms with Crippen LogP contribution in [-0.2, 0) is 4.29 Å². The quantitative estimate of drug-likeness (QED) is 0.321. The first kappa shape index (κ1) is 23.0. The van der Waals surface area contributed by atoms with Crippen molar-refractivity contribution in [1.82, 2.24) is 0 Å². The molecule has 0 aliphatic heterocycles. The van der Waals surface area contributed by atoms with Crippen LogP contribution in [-0.4, -0.2) is 0 Å². The molecule has 158 valence electrons. The molecule has 0 spiro atoms. The standard InChI is InChI=1S/C13H2Cl8O8/c14-22-3-1-2-4-6(8(24-16)5(2)10(26-18)7(3)23-15)11(27-19)13(29-21)12(28-20)9(4)25-17/h1,8H. The minimum absolute atomic E-state index is 0.107. The molecule has 1 aliphatic rings. The Balaban J connectivity index is 2.54. The van der Waals surface area contributed by atoms with E-state index in [1.54, 1.807) is 0 Å². The Morgan fingerprint density at radius 3 is 1.45 bits per heavy atom. The maximum atomic E-state index is 5.72. The molecule has 0 amide bonds. The third-order valence-electron chi connectivity index (χ3n) is 4.03. The van der Waals surface area contributed by atoms with E-state index in [1.807, 2.05) is 0 Å².